The first-order valence-electron chi connectivity index (χ1n) is 7.35. The van der Waals surface area contributed by atoms with Gasteiger partial charge in [-0.25, -0.2) is 4.79 Å². The Morgan fingerprint density at radius 1 is 1.25 bits per heavy atom. The number of rotatable bonds is 8. The van der Waals surface area contributed by atoms with Crippen LogP contribution in [0.2, 0.25) is 0 Å². The highest BCUT2D eigenvalue weighted by Gasteiger charge is 2.42. The number of para-hydroxylation sites is 1. The molecule has 2 atom stereocenters. The van der Waals surface area contributed by atoms with Gasteiger partial charge in [-0.15, -0.1) is 11.8 Å². The summed E-state index contributed by atoms with van der Waals surface area (Å²) in [4.78, 5) is 25.4. The molecule has 0 saturated carbocycles. The van der Waals surface area contributed by atoms with Crippen LogP contribution in [0.1, 0.15) is 17.4 Å². The van der Waals surface area contributed by atoms with Gasteiger partial charge in [0.25, 0.3) is 0 Å². The lowest BCUT2D eigenvalue weighted by molar-refractivity contribution is -0.149. The zero-order chi connectivity index (χ0) is 17.5. The van der Waals surface area contributed by atoms with Gasteiger partial charge in [-0.2, -0.15) is 0 Å². The second-order valence-electron chi connectivity index (χ2n) is 5.02. The molecule has 1 aromatic rings. The fourth-order valence-corrected chi connectivity index (χ4v) is 5.57. The van der Waals surface area contributed by atoms with Gasteiger partial charge in [-0.3, -0.25) is 4.79 Å². The van der Waals surface area contributed by atoms with Crippen molar-refractivity contribution in [3.05, 3.63) is 29.8 Å². The molecule has 24 heavy (non-hydrogen) atoms. The van der Waals surface area contributed by atoms with E-state index in [0.29, 0.717) is 22.8 Å². The average molecular weight is 390 g/mol. The van der Waals surface area contributed by atoms with Crippen molar-refractivity contribution in [2.75, 3.05) is 23.9 Å². The molecule has 0 aromatic heterocycles. The lowest BCUT2D eigenvalue weighted by Crippen LogP contribution is -2.43. The summed E-state index contributed by atoms with van der Waals surface area (Å²) in [5, 5.41) is 27.7. The SMILES string of the molecule is O=C(O)[C@@H]1CSC(c2ccccc2O)N1C(=O)CCSSCCO. The van der Waals surface area contributed by atoms with E-state index in [9.17, 15) is 19.8 Å². The largest absolute Gasteiger partial charge is 0.508 e. The van der Waals surface area contributed by atoms with Crippen LogP contribution in [0.25, 0.3) is 0 Å². The number of amides is 1. The lowest BCUT2D eigenvalue weighted by Gasteiger charge is -2.28. The van der Waals surface area contributed by atoms with Crippen molar-refractivity contribution >= 4 is 45.2 Å². The summed E-state index contributed by atoms with van der Waals surface area (Å²) in [5.41, 5.74) is 0.557. The lowest BCUT2D eigenvalue weighted by atomic mass is 10.1. The number of aliphatic hydroxyl groups excluding tert-OH is 1. The van der Waals surface area contributed by atoms with E-state index in [2.05, 4.69) is 0 Å². The summed E-state index contributed by atoms with van der Waals surface area (Å²) < 4.78 is 0. The number of aliphatic hydroxyl groups is 1. The standard InChI is InChI=1S/C15H19NO5S3/c17-6-8-24-23-7-5-13(19)16-11(15(20)21)9-22-14(16)10-3-1-2-4-12(10)18/h1-4,11,14,17-18H,5-9H2,(H,20,21)/t11-,14?/m0/s1. The van der Waals surface area contributed by atoms with Crippen molar-refractivity contribution in [1.82, 2.24) is 4.90 Å². The van der Waals surface area contributed by atoms with Gasteiger partial charge in [0.05, 0.1) is 6.61 Å². The van der Waals surface area contributed by atoms with E-state index in [-0.39, 0.29) is 24.7 Å². The molecule has 1 aromatic carbocycles. The van der Waals surface area contributed by atoms with E-state index in [1.54, 1.807) is 18.2 Å². The minimum Gasteiger partial charge on any atom is -0.508 e. The molecular formula is C15H19NO5S3. The number of benzene rings is 1. The fraction of sp³-hybridized carbons (Fsp3) is 0.467. The van der Waals surface area contributed by atoms with Crippen LogP contribution in [-0.2, 0) is 9.59 Å². The maximum absolute atomic E-state index is 12.6. The number of hydrogen-bond acceptors (Lipinski definition) is 7. The highest BCUT2D eigenvalue weighted by molar-refractivity contribution is 8.76. The van der Waals surface area contributed by atoms with E-state index in [1.807, 2.05) is 0 Å². The Kier molecular flexibility index (Phi) is 7.60. The van der Waals surface area contributed by atoms with Crippen LogP contribution in [0.5, 0.6) is 5.75 Å². The molecule has 3 N–H and O–H groups in total. The minimum absolute atomic E-state index is 0.0618. The van der Waals surface area contributed by atoms with Crippen molar-refractivity contribution in [3.63, 3.8) is 0 Å². The number of aliphatic carboxylic acids is 1. The van der Waals surface area contributed by atoms with E-state index in [4.69, 9.17) is 5.11 Å². The van der Waals surface area contributed by atoms with Crippen LogP contribution >= 0.6 is 33.3 Å². The number of carboxylic acids is 1. The highest BCUT2D eigenvalue weighted by atomic mass is 33.1. The van der Waals surface area contributed by atoms with Gasteiger partial charge in [-0.1, -0.05) is 39.8 Å². The zero-order valence-electron chi connectivity index (χ0n) is 12.8. The number of nitrogens with zero attached hydrogens (tertiary/aromatic N) is 1. The van der Waals surface area contributed by atoms with Crippen molar-refractivity contribution in [2.24, 2.45) is 0 Å². The maximum Gasteiger partial charge on any atom is 0.327 e. The number of carbonyl (C=O) groups excluding carboxylic acids is 1. The number of phenolic OH excluding ortho intramolecular Hbond substituents is 1. The molecule has 1 unspecified atom stereocenters. The molecule has 9 heteroatoms. The van der Waals surface area contributed by atoms with Gasteiger partial charge in [0.15, 0.2) is 0 Å². The Morgan fingerprint density at radius 2 is 1.96 bits per heavy atom. The van der Waals surface area contributed by atoms with Crippen LogP contribution in [0.3, 0.4) is 0 Å². The van der Waals surface area contributed by atoms with Gasteiger partial charge in [0.2, 0.25) is 5.91 Å². The molecule has 1 saturated heterocycles. The quantitative estimate of drug-likeness (QED) is 0.460. The molecule has 2 rings (SSSR count). The molecule has 1 fully saturated rings. The normalized spacial score (nSPS) is 20.3. The summed E-state index contributed by atoms with van der Waals surface area (Å²) in [5.74, 6) is 0.230. The number of carbonyl (C=O) groups is 2. The van der Waals surface area contributed by atoms with Crippen LogP contribution < -0.4 is 0 Å². The average Bonchev–Trinajstić information content (AvgIpc) is 3.00. The van der Waals surface area contributed by atoms with Gasteiger partial charge < -0.3 is 20.2 Å². The molecule has 1 aliphatic rings. The van der Waals surface area contributed by atoms with Gasteiger partial charge >= 0.3 is 5.97 Å². The predicted octanol–water partition coefficient (Wildman–Crippen LogP) is 2.18. The topological polar surface area (TPSA) is 98.1 Å². The van der Waals surface area contributed by atoms with Crippen LogP contribution in [0, 0.1) is 0 Å². The van der Waals surface area contributed by atoms with E-state index in [1.165, 1.54) is 44.3 Å². The number of hydrogen-bond donors (Lipinski definition) is 3. The Hall–Kier alpha value is -1.03. The Morgan fingerprint density at radius 3 is 2.62 bits per heavy atom. The zero-order valence-corrected chi connectivity index (χ0v) is 15.3. The van der Waals surface area contributed by atoms with Crippen molar-refractivity contribution < 1.29 is 24.9 Å². The molecule has 1 aliphatic heterocycles. The molecule has 6 nitrogen and oxygen atoms in total. The van der Waals surface area contributed by atoms with Crippen LogP contribution in [0.4, 0.5) is 0 Å². The third-order valence-electron chi connectivity index (χ3n) is 3.43. The van der Waals surface area contributed by atoms with Crippen LogP contribution in [0.15, 0.2) is 24.3 Å². The number of thioether (sulfide) groups is 1. The van der Waals surface area contributed by atoms with E-state index < -0.39 is 17.4 Å². The predicted molar refractivity (Wildman–Crippen MR) is 98.2 cm³/mol. The summed E-state index contributed by atoms with van der Waals surface area (Å²) in [6, 6.07) is 5.81. The summed E-state index contributed by atoms with van der Waals surface area (Å²) in [6.45, 7) is 0.0881. The molecule has 0 radical (unpaired) electrons. The van der Waals surface area contributed by atoms with Crippen molar-refractivity contribution in [1.29, 1.82) is 0 Å². The summed E-state index contributed by atoms with van der Waals surface area (Å²) in [6.07, 6.45) is 0.220. The van der Waals surface area contributed by atoms with Gasteiger partial charge in [-0.05, 0) is 6.07 Å². The highest BCUT2D eigenvalue weighted by Crippen LogP contribution is 2.44. The minimum atomic E-state index is -1.03. The third kappa shape index (κ3) is 4.75. The number of aromatic hydroxyl groups is 1. The maximum atomic E-state index is 12.6. The second-order valence-corrected chi connectivity index (χ2v) is 8.83. The molecule has 1 amide bonds. The van der Waals surface area contributed by atoms with E-state index >= 15 is 0 Å². The third-order valence-corrected chi connectivity index (χ3v) is 7.13. The van der Waals surface area contributed by atoms with E-state index in [0.717, 1.165) is 0 Å². The fourth-order valence-electron chi connectivity index (χ4n) is 2.35. The summed E-state index contributed by atoms with van der Waals surface area (Å²) >= 11 is 1.35. The first-order chi connectivity index (χ1) is 11.6. The Balaban J connectivity index is 2.09. The molecule has 0 bridgehead atoms. The first-order valence-corrected chi connectivity index (χ1v) is 10.9. The second kappa shape index (κ2) is 9.45. The van der Waals surface area contributed by atoms with Gasteiger partial charge in [0, 0.05) is 29.2 Å². The Bertz CT molecular complexity index is 586. The molecular weight excluding hydrogens is 370 g/mol. The molecule has 132 valence electrons. The Labute approximate surface area is 152 Å². The molecule has 0 spiro atoms. The molecule has 0 aliphatic carbocycles. The van der Waals surface area contributed by atoms with Crippen molar-refractivity contribution in [2.45, 2.75) is 17.8 Å². The number of phenols is 1. The van der Waals surface area contributed by atoms with Gasteiger partial charge in [0.1, 0.15) is 17.2 Å². The first kappa shape index (κ1) is 19.3. The van der Waals surface area contributed by atoms with Crippen LogP contribution in [-0.4, -0.2) is 62.0 Å². The molecule has 1 heterocycles. The monoisotopic (exact) mass is 389 g/mol. The summed E-state index contributed by atoms with van der Waals surface area (Å²) in [7, 11) is 2.96. The smallest absolute Gasteiger partial charge is 0.327 e. The van der Waals surface area contributed by atoms with Crippen molar-refractivity contribution in [3.8, 4) is 5.75 Å². The number of carboxylic acid groups (broad SMARTS) is 1.